The quantitative estimate of drug-likeness (QED) is 0.335. The van der Waals surface area contributed by atoms with Crippen molar-refractivity contribution in [2.75, 3.05) is 21.8 Å². The van der Waals surface area contributed by atoms with E-state index in [1.165, 1.54) is 0 Å². The van der Waals surface area contributed by atoms with Crippen LogP contribution in [-0.2, 0) is 10.2 Å². The van der Waals surface area contributed by atoms with Gasteiger partial charge in [0.2, 0.25) is 0 Å². The highest BCUT2D eigenvalue weighted by Crippen LogP contribution is 2.33. The van der Waals surface area contributed by atoms with E-state index in [4.69, 9.17) is 10.5 Å². The van der Waals surface area contributed by atoms with Crippen LogP contribution in [0.1, 0.15) is 29.8 Å². The Morgan fingerprint density at radius 3 is 2.75 bits per heavy atom. The average Bonchev–Trinajstić information content (AvgIpc) is 3.26. The van der Waals surface area contributed by atoms with Gasteiger partial charge >= 0.3 is 10.2 Å². The van der Waals surface area contributed by atoms with Gasteiger partial charge in [-0.25, -0.2) is 9.99 Å². The van der Waals surface area contributed by atoms with Crippen molar-refractivity contribution in [1.29, 1.82) is 0 Å². The van der Waals surface area contributed by atoms with Crippen LogP contribution in [0.15, 0.2) is 65.2 Å². The first-order chi connectivity index (χ1) is 17.1. The Bertz CT molecular complexity index is 1490. The number of ether oxygens (including phenoxy) is 1. The van der Waals surface area contributed by atoms with Crippen molar-refractivity contribution in [1.82, 2.24) is 15.8 Å². The molecule has 1 aromatic heterocycles. The van der Waals surface area contributed by atoms with Gasteiger partial charge in [0.25, 0.3) is 5.91 Å². The Hall–Kier alpha value is -4.36. The van der Waals surface area contributed by atoms with Crippen LogP contribution in [0, 0.1) is 0 Å². The molecule has 0 spiro atoms. The molecule has 0 atom stereocenters. The number of benzene rings is 2. The largest absolute Gasteiger partial charge is 0.490 e. The summed E-state index contributed by atoms with van der Waals surface area (Å²) in [5, 5.41) is 4.71. The zero-order valence-corrected chi connectivity index (χ0v) is 20.3. The number of hydrogen-bond acceptors (Lipinski definition) is 9. The van der Waals surface area contributed by atoms with E-state index in [0.717, 1.165) is 11.4 Å². The predicted molar refractivity (Wildman–Crippen MR) is 136 cm³/mol. The molecular formula is C23H24N8O4S. The van der Waals surface area contributed by atoms with Crippen LogP contribution < -0.4 is 36.5 Å². The van der Waals surface area contributed by atoms with E-state index in [0.29, 0.717) is 22.7 Å². The molecule has 2 aliphatic heterocycles. The molecule has 0 bridgehead atoms. The van der Waals surface area contributed by atoms with E-state index in [-0.39, 0.29) is 24.0 Å². The lowest BCUT2D eigenvalue weighted by atomic mass is 10.1. The SMILES string of the molecule is CC(C)(COc1cccc2c1C(N)=NS(=O)(=O)N2)NC(=O)c1ccnc(N2NNc3ccccc32)c1. The number of carbonyl (C=O) groups is 1. The van der Waals surface area contributed by atoms with Crippen LogP contribution >= 0.6 is 0 Å². The second kappa shape index (κ2) is 8.70. The Morgan fingerprint density at radius 1 is 1.14 bits per heavy atom. The van der Waals surface area contributed by atoms with E-state index in [1.54, 1.807) is 41.5 Å². The van der Waals surface area contributed by atoms with Crippen LogP contribution in [0.25, 0.3) is 0 Å². The monoisotopic (exact) mass is 508 g/mol. The molecular weight excluding hydrogens is 484 g/mol. The molecule has 0 saturated heterocycles. The zero-order chi connectivity index (χ0) is 25.5. The van der Waals surface area contributed by atoms with Crippen LogP contribution in [0.2, 0.25) is 0 Å². The van der Waals surface area contributed by atoms with Gasteiger partial charge < -0.3 is 21.2 Å². The number of nitrogens with one attached hydrogen (secondary N) is 4. The van der Waals surface area contributed by atoms with E-state index in [1.807, 2.05) is 38.1 Å². The Morgan fingerprint density at radius 2 is 1.92 bits per heavy atom. The highest BCUT2D eigenvalue weighted by Gasteiger charge is 2.28. The van der Waals surface area contributed by atoms with Crippen LogP contribution in [0.3, 0.4) is 0 Å². The van der Waals surface area contributed by atoms with E-state index >= 15 is 0 Å². The first-order valence-corrected chi connectivity index (χ1v) is 12.4. The van der Waals surface area contributed by atoms with Gasteiger partial charge in [-0.1, -0.05) is 18.2 Å². The minimum atomic E-state index is -3.89. The molecule has 0 aliphatic carbocycles. The fourth-order valence-electron chi connectivity index (χ4n) is 3.82. The van der Waals surface area contributed by atoms with Gasteiger partial charge in [0.1, 0.15) is 18.2 Å². The number of nitrogens with two attached hydrogens (primary N) is 1. The van der Waals surface area contributed by atoms with Gasteiger partial charge in [0.05, 0.1) is 28.2 Å². The molecule has 1 amide bonds. The molecule has 2 aromatic carbocycles. The molecule has 6 N–H and O–H groups in total. The Balaban J connectivity index is 1.29. The zero-order valence-electron chi connectivity index (χ0n) is 19.4. The van der Waals surface area contributed by atoms with Crippen molar-refractivity contribution in [2.24, 2.45) is 10.1 Å². The topological polar surface area (TPSA) is 163 Å². The molecule has 5 rings (SSSR count). The van der Waals surface area contributed by atoms with Crippen LogP contribution in [0.5, 0.6) is 5.75 Å². The number of amides is 1. The van der Waals surface area contributed by atoms with Crippen molar-refractivity contribution < 1.29 is 17.9 Å². The van der Waals surface area contributed by atoms with Gasteiger partial charge in [0, 0.05) is 11.8 Å². The Labute approximate surface area is 207 Å². The highest BCUT2D eigenvalue weighted by molar-refractivity contribution is 7.91. The van der Waals surface area contributed by atoms with Crippen molar-refractivity contribution in [3.8, 4) is 5.75 Å². The standard InChI is InChI=1S/C23H24N8O4S/c1-23(2,13-35-18-9-5-7-16-20(18)21(24)29-36(33,34)28-16)26-22(32)14-10-11-25-19(12-14)31-17-8-4-3-6-15(17)27-30-31/h3-12,27-28,30H,13H2,1-2H3,(H2,24,29)(H,26,32). The Kier molecular flexibility index (Phi) is 5.65. The molecule has 13 heteroatoms. The van der Waals surface area contributed by atoms with Gasteiger partial charge in [-0.15, -0.1) is 9.93 Å². The fraction of sp³-hybridized carbons (Fsp3) is 0.174. The van der Waals surface area contributed by atoms with E-state index in [2.05, 4.69) is 30.4 Å². The van der Waals surface area contributed by atoms with E-state index in [9.17, 15) is 13.2 Å². The normalized spacial score (nSPS) is 15.6. The smallest absolute Gasteiger partial charge is 0.344 e. The van der Waals surface area contributed by atoms with Crippen molar-refractivity contribution in [2.45, 2.75) is 19.4 Å². The second-order valence-corrected chi connectivity index (χ2v) is 10.2. The number of hydrogen-bond donors (Lipinski definition) is 5. The van der Waals surface area contributed by atoms with Gasteiger partial charge in [-0.2, -0.15) is 8.42 Å². The molecule has 0 saturated carbocycles. The third kappa shape index (κ3) is 4.61. The summed E-state index contributed by atoms with van der Waals surface area (Å²) in [6.07, 6.45) is 1.57. The van der Waals surface area contributed by atoms with Crippen LogP contribution in [0.4, 0.5) is 22.9 Å². The molecule has 3 aromatic rings. The predicted octanol–water partition coefficient (Wildman–Crippen LogP) is 2.03. The fourth-order valence-corrected chi connectivity index (χ4v) is 4.67. The van der Waals surface area contributed by atoms with Crippen molar-refractivity contribution in [3.05, 3.63) is 71.9 Å². The first-order valence-electron chi connectivity index (χ1n) is 11.0. The lowest BCUT2D eigenvalue weighted by Gasteiger charge is -2.28. The van der Waals surface area contributed by atoms with Crippen LogP contribution in [-0.4, -0.2) is 37.3 Å². The number of para-hydroxylation sites is 2. The number of pyridine rings is 1. The molecule has 36 heavy (non-hydrogen) atoms. The maximum Gasteiger partial charge on any atom is 0.344 e. The van der Waals surface area contributed by atoms with Crippen molar-refractivity contribution in [3.63, 3.8) is 0 Å². The summed E-state index contributed by atoms with van der Waals surface area (Å²) in [7, 11) is -3.89. The van der Waals surface area contributed by atoms with Crippen molar-refractivity contribution >= 4 is 44.8 Å². The third-order valence-electron chi connectivity index (χ3n) is 5.46. The summed E-state index contributed by atoms with van der Waals surface area (Å²) < 4.78 is 35.3. The summed E-state index contributed by atoms with van der Waals surface area (Å²) in [6.45, 7) is 3.70. The van der Waals surface area contributed by atoms with Gasteiger partial charge in [0.15, 0.2) is 5.84 Å². The lowest BCUT2D eigenvalue weighted by Crippen LogP contribution is -2.48. The minimum absolute atomic E-state index is 0.0815. The highest BCUT2D eigenvalue weighted by atomic mass is 32.2. The van der Waals surface area contributed by atoms with Gasteiger partial charge in [-0.3, -0.25) is 9.52 Å². The number of nitrogens with zero attached hydrogens (tertiary/aromatic N) is 3. The summed E-state index contributed by atoms with van der Waals surface area (Å²) >= 11 is 0. The number of rotatable bonds is 6. The molecule has 0 radical (unpaired) electrons. The summed E-state index contributed by atoms with van der Waals surface area (Å²) in [5.74, 6) is 0.409. The molecule has 0 unspecified atom stereocenters. The number of amidine groups is 1. The molecule has 3 heterocycles. The van der Waals surface area contributed by atoms with Gasteiger partial charge in [-0.05, 0) is 50.2 Å². The average molecular weight is 509 g/mol. The summed E-state index contributed by atoms with van der Waals surface area (Å²) in [6, 6.07) is 15.9. The lowest BCUT2D eigenvalue weighted by molar-refractivity contribution is 0.0880. The summed E-state index contributed by atoms with van der Waals surface area (Å²) in [4.78, 5) is 17.5. The number of fused-ring (bicyclic) bond motifs is 2. The number of anilines is 4. The molecule has 0 fully saturated rings. The maximum atomic E-state index is 13.1. The molecule has 2 aliphatic rings. The maximum absolute atomic E-state index is 13.1. The molecule has 186 valence electrons. The number of aromatic nitrogens is 1. The number of carbonyl (C=O) groups excluding carboxylic acids is 1. The summed E-state index contributed by atoms with van der Waals surface area (Å²) in [5.41, 5.74) is 14.0. The third-order valence-corrected chi connectivity index (χ3v) is 6.38. The second-order valence-electron chi connectivity index (χ2n) is 8.85. The number of hydrazine groups is 2. The first kappa shape index (κ1) is 23.4. The molecule has 12 nitrogen and oxygen atoms in total. The minimum Gasteiger partial charge on any atom is -0.490 e. The van der Waals surface area contributed by atoms with E-state index < -0.39 is 15.7 Å².